The van der Waals surface area contributed by atoms with Crippen LogP contribution in [0.2, 0.25) is 0 Å². The highest BCUT2D eigenvalue weighted by Crippen LogP contribution is 2.43. The van der Waals surface area contributed by atoms with E-state index in [0.717, 1.165) is 90.9 Å². The molecular formula is C78H140N2O31. The zero-order valence-electron chi connectivity index (χ0n) is 65.8. The zero-order chi connectivity index (χ0) is 81.6. The molecule has 33 nitrogen and oxygen atoms in total. The number of aliphatic hydroxyl groups is 16. The predicted octanol–water partition coefficient (Wildman–Crippen LogP) is 1.61. The van der Waals surface area contributed by atoms with Crippen molar-refractivity contribution < 1.29 is 153 Å². The first-order chi connectivity index (χ1) is 53.3. The maximum atomic E-state index is 13.9. The normalized spacial score (nSPS) is 33.8. The van der Waals surface area contributed by atoms with Crippen LogP contribution in [0, 0.1) is 5.92 Å². The van der Waals surface area contributed by atoms with Crippen LogP contribution in [-0.4, -0.2) is 315 Å². The molecule has 5 fully saturated rings. The average Bonchev–Trinajstić information content (AvgIpc) is 0.748. The molecule has 33 heteroatoms. The summed E-state index contributed by atoms with van der Waals surface area (Å²) in [5.74, 6) is -9.03. The maximum Gasteiger partial charge on any atom is 0.364 e. The molecular weight excluding hydrogens is 1460 g/mol. The van der Waals surface area contributed by atoms with Crippen LogP contribution in [0.5, 0.6) is 0 Å². The Labute approximate surface area is 654 Å². The summed E-state index contributed by atoms with van der Waals surface area (Å²) >= 11 is 0. The van der Waals surface area contributed by atoms with E-state index < -0.39 is 241 Å². The minimum absolute atomic E-state index is 0.156. The second-order valence-electron chi connectivity index (χ2n) is 31.0. The number of rotatable bonds is 57. The third-order valence-electron chi connectivity index (χ3n) is 21.9. The van der Waals surface area contributed by atoms with Gasteiger partial charge in [0.25, 0.3) is 5.79 Å². The number of nitrogens with one attached hydrogen (secondary N) is 2. The molecule has 5 rings (SSSR count). The van der Waals surface area contributed by atoms with Gasteiger partial charge in [-0.1, -0.05) is 187 Å². The van der Waals surface area contributed by atoms with Crippen molar-refractivity contribution in [3.63, 3.8) is 0 Å². The number of unbranched alkanes of at least 4 members (excludes halogenated alkanes) is 27. The molecule has 28 atom stereocenters. The molecule has 5 aliphatic heterocycles. The molecule has 0 aromatic heterocycles. The number of ketones is 1. The molecule has 0 aromatic carbocycles. The lowest BCUT2D eigenvalue weighted by molar-refractivity contribution is -0.406. The molecule has 2 amide bonds. The van der Waals surface area contributed by atoms with Crippen molar-refractivity contribution in [1.82, 2.24) is 10.6 Å². The SMILES string of the molecule is CCCCCCCCC=CCCCCCCCCCCCC(=O)NC(COC1OC(CO)C(OC2OC(CO)C(OC3OC(CO)C(O)C(OC4OC(CO)C(O)C(O)C4O)C3CC(C)=O)C(OC3(C(=O)O)CC(O)C(NC(C)=O)C(C(O)C(O)CO)O3)C2O)C(O)C1O)C(O)CCCCCCCCCCCCCCC. The largest absolute Gasteiger partial charge is 0.477 e. The Bertz CT molecular complexity index is 2570. The van der Waals surface area contributed by atoms with E-state index in [9.17, 15) is 106 Å². The van der Waals surface area contributed by atoms with Gasteiger partial charge in [0.05, 0.1) is 70.0 Å². The van der Waals surface area contributed by atoms with Crippen LogP contribution in [0.4, 0.5) is 0 Å². The molecule has 0 bridgehead atoms. The van der Waals surface area contributed by atoms with Crippen molar-refractivity contribution in [2.24, 2.45) is 5.92 Å². The van der Waals surface area contributed by atoms with Gasteiger partial charge in [0, 0.05) is 32.1 Å². The molecule has 0 spiro atoms. The number of Topliss-reactive ketones (excluding diaryl/α,β-unsaturated/α-hetero) is 1. The van der Waals surface area contributed by atoms with Crippen molar-refractivity contribution in [2.45, 2.75) is 411 Å². The number of aliphatic hydroxyl groups excluding tert-OH is 16. The van der Waals surface area contributed by atoms with E-state index in [1.165, 1.54) is 103 Å². The zero-order valence-corrected chi connectivity index (χ0v) is 65.8. The maximum absolute atomic E-state index is 13.9. The fourth-order valence-electron chi connectivity index (χ4n) is 15.3. The van der Waals surface area contributed by atoms with Crippen molar-refractivity contribution in [1.29, 1.82) is 0 Å². The Morgan fingerprint density at radius 1 is 0.486 bits per heavy atom. The molecule has 0 aliphatic carbocycles. The van der Waals surface area contributed by atoms with Crippen molar-refractivity contribution in [2.75, 3.05) is 39.6 Å². The van der Waals surface area contributed by atoms with Crippen LogP contribution in [0.15, 0.2) is 12.2 Å². The topological polar surface area (TPSA) is 529 Å². The number of carboxylic acid groups (broad SMARTS) is 1. The predicted molar refractivity (Wildman–Crippen MR) is 398 cm³/mol. The summed E-state index contributed by atoms with van der Waals surface area (Å²) in [4.78, 5) is 53.2. The summed E-state index contributed by atoms with van der Waals surface area (Å²) in [5.41, 5.74) is 0. The molecule has 0 radical (unpaired) electrons. The highest BCUT2D eigenvalue weighted by Gasteiger charge is 2.62. The fourth-order valence-corrected chi connectivity index (χ4v) is 15.3. The molecule has 111 heavy (non-hydrogen) atoms. The molecule has 0 aromatic rings. The van der Waals surface area contributed by atoms with Crippen LogP contribution in [0.1, 0.15) is 246 Å². The number of ether oxygens (including phenoxy) is 10. The summed E-state index contributed by atoms with van der Waals surface area (Å²) in [6.07, 6.45) is -11.7. The summed E-state index contributed by atoms with van der Waals surface area (Å²) < 4.78 is 60.5. The molecule has 19 N–H and O–H groups in total. The van der Waals surface area contributed by atoms with Gasteiger partial charge in [-0.3, -0.25) is 9.59 Å². The summed E-state index contributed by atoms with van der Waals surface area (Å²) in [6, 6.07) is -2.81. The van der Waals surface area contributed by atoms with Crippen LogP contribution in [0.25, 0.3) is 0 Å². The quantitative estimate of drug-likeness (QED) is 0.0304. The first kappa shape index (κ1) is 98.4. The van der Waals surface area contributed by atoms with Crippen LogP contribution in [-0.2, 0) is 66.5 Å². The first-order valence-electron chi connectivity index (χ1n) is 41.3. The molecule has 5 aliphatic rings. The summed E-state index contributed by atoms with van der Waals surface area (Å²) in [7, 11) is 0. The van der Waals surface area contributed by atoms with E-state index in [0.29, 0.717) is 12.8 Å². The minimum atomic E-state index is -3.36. The van der Waals surface area contributed by atoms with Crippen molar-refractivity contribution in [3.8, 4) is 0 Å². The van der Waals surface area contributed by atoms with E-state index >= 15 is 0 Å². The van der Waals surface area contributed by atoms with Crippen LogP contribution in [0.3, 0.4) is 0 Å². The fraction of sp³-hybridized carbons (Fsp3) is 0.923. The summed E-state index contributed by atoms with van der Waals surface area (Å²) in [6.45, 7) is 0.605. The standard InChI is InChI=1S/C78H140N2O31/c1-5-7-9-11-13-15-17-19-20-21-22-23-24-26-28-30-32-34-36-38-58(91)80-50(51(88)37-35-33-31-29-27-25-18-16-14-12-10-8-6-2)46-102-74-66(98)64(96)69(56(44-84)105-74)108-76-67(99)72(111-78(77(100)101)40-52(89)59(79-48(4)87)71(110-78)60(92)53(90)41-81)70(57(45-85)106-76)109-73-49(39-47(3)86)68(62(94)55(43-83)103-73)107-75-65(97)63(95)61(93)54(42-82)104-75/h19-20,49-57,59-76,81-85,88-90,92-99H,5-18,21-46H2,1-4H3,(H,79,87)(H,80,91)(H,100,101). The van der Waals surface area contributed by atoms with Gasteiger partial charge >= 0.3 is 5.97 Å². The lowest BCUT2D eigenvalue weighted by Gasteiger charge is -2.52. The number of hydrogen-bond donors (Lipinski definition) is 19. The number of carboxylic acids is 1. The molecule has 5 heterocycles. The van der Waals surface area contributed by atoms with Gasteiger partial charge < -0.3 is 150 Å². The van der Waals surface area contributed by atoms with E-state index in [1.807, 2.05) is 0 Å². The van der Waals surface area contributed by atoms with Crippen molar-refractivity contribution >= 4 is 23.6 Å². The Balaban J connectivity index is 1.35. The van der Waals surface area contributed by atoms with E-state index in [4.69, 9.17) is 47.4 Å². The Kier molecular flexibility index (Phi) is 47.2. The number of aliphatic carboxylic acids is 1. The second-order valence-corrected chi connectivity index (χ2v) is 31.0. The van der Waals surface area contributed by atoms with Crippen molar-refractivity contribution in [3.05, 3.63) is 12.2 Å². The third kappa shape index (κ3) is 31.5. The number of amides is 2. The number of carbonyl (C=O) groups is 4. The minimum Gasteiger partial charge on any atom is -0.477 e. The number of hydrogen-bond acceptors (Lipinski definition) is 30. The summed E-state index contributed by atoms with van der Waals surface area (Å²) in [5, 5.41) is 195. The van der Waals surface area contributed by atoms with Gasteiger partial charge in [0.1, 0.15) is 110 Å². The van der Waals surface area contributed by atoms with E-state index in [2.05, 4.69) is 36.6 Å². The number of carbonyl (C=O) groups excluding carboxylic acids is 3. The van der Waals surface area contributed by atoms with E-state index in [1.54, 1.807) is 0 Å². The van der Waals surface area contributed by atoms with E-state index in [-0.39, 0.29) is 18.7 Å². The van der Waals surface area contributed by atoms with Gasteiger partial charge in [0.15, 0.2) is 25.2 Å². The highest BCUT2D eigenvalue weighted by molar-refractivity contribution is 5.77. The Morgan fingerprint density at radius 2 is 0.937 bits per heavy atom. The lowest BCUT2D eigenvalue weighted by atomic mass is 9.86. The van der Waals surface area contributed by atoms with Gasteiger partial charge in [-0.25, -0.2) is 4.79 Å². The highest BCUT2D eigenvalue weighted by atomic mass is 16.8. The molecule has 5 saturated heterocycles. The molecule has 648 valence electrons. The van der Waals surface area contributed by atoms with Crippen LogP contribution < -0.4 is 10.6 Å². The molecule has 0 saturated carbocycles. The first-order valence-corrected chi connectivity index (χ1v) is 41.3. The smallest absolute Gasteiger partial charge is 0.364 e. The second kappa shape index (κ2) is 53.3. The Hall–Kier alpha value is -3.22. The van der Waals surface area contributed by atoms with Gasteiger partial charge in [-0.05, 0) is 45.4 Å². The Morgan fingerprint density at radius 3 is 1.45 bits per heavy atom. The monoisotopic (exact) mass is 1600 g/mol. The third-order valence-corrected chi connectivity index (χ3v) is 21.9. The molecule has 28 unspecified atom stereocenters. The van der Waals surface area contributed by atoms with Gasteiger partial charge in [-0.15, -0.1) is 0 Å². The van der Waals surface area contributed by atoms with Crippen LogP contribution >= 0.6 is 0 Å². The lowest BCUT2D eigenvalue weighted by Crippen LogP contribution is -2.71. The number of allylic oxidation sites excluding steroid dienone is 2. The average molecular weight is 1600 g/mol. The van der Waals surface area contributed by atoms with Gasteiger partial charge in [0.2, 0.25) is 11.8 Å². The van der Waals surface area contributed by atoms with Gasteiger partial charge in [-0.2, -0.15) is 0 Å².